The Labute approximate surface area is 169 Å². The number of hydrogen-bond acceptors (Lipinski definition) is 3. The van der Waals surface area contributed by atoms with Gasteiger partial charge in [-0.15, -0.1) is 0 Å². The quantitative estimate of drug-likeness (QED) is 0.630. The summed E-state index contributed by atoms with van der Waals surface area (Å²) >= 11 is 0. The molecule has 148 valence electrons. The second-order valence-corrected chi connectivity index (χ2v) is 6.67. The first-order chi connectivity index (χ1) is 14.0. The van der Waals surface area contributed by atoms with E-state index in [9.17, 15) is 14.0 Å². The molecule has 5 nitrogen and oxygen atoms in total. The number of nitrogens with zero attached hydrogens (tertiary/aromatic N) is 1. The van der Waals surface area contributed by atoms with Crippen molar-refractivity contribution in [3.8, 4) is 11.3 Å². The Morgan fingerprint density at radius 2 is 1.59 bits per heavy atom. The molecule has 0 unspecified atom stereocenters. The molecule has 2 aromatic carbocycles. The predicted octanol–water partition coefficient (Wildman–Crippen LogP) is 3.66. The van der Waals surface area contributed by atoms with Crippen molar-refractivity contribution in [1.29, 1.82) is 0 Å². The van der Waals surface area contributed by atoms with Gasteiger partial charge in [-0.25, -0.2) is 4.39 Å². The average molecular weight is 391 g/mol. The minimum Gasteiger partial charge on any atom is -0.350 e. The molecular formula is C23H22FN3O2. The number of amides is 2. The minimum absolute atomic E-state index is 0.231. The summed E-state index contributed by atoms with van der Waals surface area (Å²) in [5.41, 5.74) is 3.63. The van der Waals surface area contributed by atoms with Gasteiger partial charge < -0.3 is 10.6 Å². The molecule has 0 saturated heterocycles. The Hall–Kier alpha value is -3.54. The number of carbonyl (C=O) groups is 2. The van der Waals surface area contributed by atoms with Crippen LogP contribution in [0.15, 0.2) is 60.7 Å². The Balaban J connectivity index is 1.53. The molecule has 3 rings (SSSR count). The summed E-state index contributed by atoms with van der Waals surface area (Å²) in [6.45, 7) is 3.90. The maximum atomic E-state index is 13.6. The van der Waals surface area contributed by atoms with Gasteiger partial charge in [-0.3, -0.25) is 14.6 Å². The molecule has 0 spiro atoms. The number of aromatic nitrogens is 1. The molecule has 1 heterocycles. The van der Waals surface area contributed by atoms with Crippen molar-refractivity contribution in [2.45, 2.75) is 13.8 Å². The van der Waals surface area contributed by atoms with Crippen LogP contribution in [0.1, 0.15) is 32.0 Å². The zero-order chi connectivity index (χ0) is 20.8. The monoisotopic (exact) mass is 391 g/mol. The lowest BCUT2D eigenvalue weighted by Crippen LogP contribution is -2.35. The van der Waals surface area contributed by atoms with Crippen LogP contribution in [0.3, 0.4) is 0 Å². The number of pyridine rings is 1. The first kappa shape index (κ1) is 20.2. The van der Waals surface area contributed by atoms with Gasteiger partial charge in [0.25, 0.3) is 11.8 Å². The fraction of sp³-hybridized carbons (Fsp3) is 0.174. The third-order valence-corrected chi connectivity index (χ3v) is 4.53. The van der Waals surface area contributed by atoms with Crippen LogP contribution in [0.2, 0.25) is 0 Å². The van der Waals surface area contributed by atoms with Gasteiger partial charge in [0.2, 0.25) is 0 Å². The van der Waals surface area contributed by atoms with Crippen LogP contribution >= 0.6 is 0 Å². The molecule has 0 aliphatic rings. The van der Waals surface area contributed by atoms with Crippen molar-refractivity contribution in [2.24, 2.45) is 0 Å². The molecular weight excluding hydrogens is 369 g/mol. The highest BCUT2D eigenvalue weighted by molar-refractivity contribution is 5.96. The molecule has 0 bridgehead atoms. The van der Waals surface area contributed by atoms with Gasteiger partial charge in [0, 0.05) is 24.2 Å². The number of aryl methyl sites for hydroxylation is 2. The number of halogens is 1. The lowest BCUT2D eigenvalue weighted by molar-refractivity contribution is 0.0927. The maximum absolute atomic E-state index is 13.6. The first-order valence-electron chi connectivity index (χ1n) is 9.31. The Bertz CT molecular complexity index is 1040. The van der Waals surface area contributed by atoms with E-state index in [1.54, 1.807) is 32.0 Å². The average Bonchev–Trinajstić information content (AvgIpc) is 2.73. The second kappa shape index (κ2) is 9.10. The van der Waals surface area contributed by atoms with Crippen molar-refractivity contribution >= 4 is 11.8 Å². The molecule has 0 aliphatic heterocycles. The van der Waals surface area contributed by atoms with E-state index < -0.39 is 5.82 Å². The summed E-state index contributed by atoms with van der Waals surface area (Å²) in [5.74, 6) is -1.07. The molecule has 0 atom stereocenters. The molecule has 29 heavy (non-hydrogen) atoms. The molecule has 0 aliphatic carbocycles. The van der Waals surface area contributed by atoms with Crippen LogP contribution in [-0.4, -0.2) is 29.9 Å². The molecule has 2 N–H and O–H groups in total. The van der Waals surface area contributed by atoms with Crippen LogP contribution in [-0.2, 0) is 0 Å². The number of carbonyl (C=O) groups excluding carboxylic acids is 2. The normalized spacial score (nSPS) is 10.4. The minimum atomic E-state index is -0.423. The number of benzene rings is 2. The zero-order valence-electron chi connectivity index (χ0n) is 16.3. The standard InChI is InChI=1S/C23H22FN3O2/c1-15-8-9-18(14-20(15)24)22(28)25-12-13-26-23(29)19-10-11-21(27-16(19)2)17-6-4-3-5-7-17/h3-11,14H,12-13H2,1-2H3,(H,25,28)(H,26,29). The summed E-state index contributed by atoms with van der Waals surface area (Å²) in [5, 5.41) is 5.42. The van der Waals surface area contributed by atoms with E-state index in [2.05, 4.69) is 15.6 Å². The van der Waals surface area contributed by atoms with E-state index in [4.69, 9.17) is 0 Å². The van der Waals surface area contributed by atoms with Crippen molar-refractivity contribution in [1.82, 2.24) is 15.6 Å². The molecule has 6 heteroatoms. The van der Waals surface area contributed by atoms with Gasteiger partial charge in [0.05, 0.1) is 17.0 Å². The lowest BCUT2D eigenvalue weighted by atomic mass is 10.1. The highest BCUT2D eigenvalue weighted by atomic mass is 19.1. The Morgan fingerprint density at radius 1 is 0.897 bits per heavy atom. The largest absolute Gasteiger partial charge is 0.350 e. The van der Waals surface area contributed by atoms with Gasteiger partial charge in [-0.2, -0.15) is 0 Å². The molecule has 3 aromatic rings. The second-order valence-electron chi connectivity index (χ2n) is 6.67. The van der Waals surface area contributed by atoms with Gasteiger partial charge in [-0.05, 0) is 43.7 Å². The van der Waals surface area contributed by atoms with Gasteiger partial charge in [-0.1, -0.05) is 36.4 Å². The predicted molar refractivity (Wildman–Crippen MR) is 110 cm³/mol. The van der Waals surface area contributed by atoms with E-state index in [0.29, 0.717) is 16.8 Å². The van der Waals surface area contributed by atoms with Crippen LogP contribution in [0.25, 0.3) is 11.3 Å². The summed E-state index contributed by atoms with van der Waals surface area (Å²) in [6.07, 6.45) is 0. The van der Waals surface area contributed by atoms with E-state index in [1.165, 1.54) is 6.07 Å². The lowest BCUT2D eigenvalue weighted by Gasteiger charge is -2.10. The summed E-state index contributed by atoms with van der Waals surface area (Å²) < 4.78 is 13.6. The molecule has 0 radical (unpaired) electrons. The Kier molecular flexibility index (Phi) is 6.34. The topological polar surface area (TPSA) is 71.1 Å². The molecule has 2 amide bonds. The van der Waals surface area contributed by atoms with E-state index >= 15 is 0 Å². The highest BCUT2D eigenvalue weighted by Gasteiger charge is 2.12. The SMILES string of the molecule is Cc1ccc(C(=O)NCCNC(=O)c2ccc(-c3ccccc3)nc2C)cc1F. The van der Waals surface area contributed by atoms with Crippen molar-refractivity contribution in [2.75, 3.05) is 13.1 Å². The van der Waals surface area contributed by atoms with Crippen molar-refractivity contribution in [3.63, 3.8) is 0 Å². The van der Waals surface area contributed by atoms with Crippen molar-refractivity contribution < 1.29 is 14.0 Å². The van der Waals surface area contributed by atoms with Gasteiger partial charge in [0.15, 0.2) is 0 Å². The van der Waals surface area contributed by atoms with E-state index in [0.717, 1.165) is 11.3 Å². The summed E-state index contributed by atoms with van der Waals surface area (Å²) in [4.78, 5) is 29.0. The van der Waals surface area contributed by atoms with Crippen LogP contribution in [0, 0.1) is 19.7 Å². The number of rotatable bonds is 6. The molecule has 0 saturated carbocycles. The smallest absolute Gasteiger partial charge is 0.253 e. The first-order valence-corrected chi connectivity index (χ1v) is 9.31. The highest BCUT2D eigenvalue weighted by Crippen LogP contribution is 2.18. The maximum Gasteiger partial charge on any atom is 0.253 e. The third kappa shape index (κ3) is 5.04. The molecule has 1 aromatic heterocycles. The fourth-order valence-electron chi connectivity index (χ4n) is 2.85. The summed E-state index contributed by atoms with van der Waals surface area (Å²) in [7, 11) is 0. The van der Waals surface area contributed by atoms with Crippen LogP contribution < -0.4 is 10.6 Å². The van der Waals surface area contributed by atoms with E-state index in [1.807, 2.05) is 36.4 Å². The Morgan fingerprint density at radius 3 is 2.24 bits per heavy atom. The number of nitrogens with one attached hydrogen (secondary N) is 2. The van der Waals surface area contributed by atoms with Gasteiger partial charge >= 0.3 is 0 Å². The van der Waals surface area contributed by atoms with Crippen molar-refractivity contribution in [3.05, 3.63) is 88.9 Å². The number of hydrogen-bond donors (Lipinski definition) is 2. The zero-order valence-corrected chi connectivity index (χ0v) is 16.3. The fourth-order valence-corrected chi connectivity index (χ4v) is 2.85. The van der Waals surface area contributed by atoms with Crippen LogP contribution in [0.5, 0.6) is 0 Å². The van der Waals surface area contributed by atoms with E-state index in [-0.39, 0.29) is 30.5 Å². The van der Waals surface area contributed by atoms with Crippen LogP contribution in [0.4, 0.5) is 4.39 Å². The summed E-state index contributed by atoms with van der Waals surface area (Å²) in [6, 6.07) is 17.6. The molecule has 0 fully saturated rings. The third-order valence-electron chi connectivity index (χ3n) is 4.53. The van der Waals surface area contributed by atoms with Gasteiger partial charge in [0.1, 0.15) is 5.82 Å².